The van der Waals surface area contributed by atoms with Crippen molar-refractivity contribution in [1.82, 2.24) is 20.2 Å². The van der Waals surface area contributed by atoms with Crippen molar-refractivity contribution in [2.24, 2.45) is 0 Å². The molecule has 0 unspecified atom stereocenters. The average molecular weight is 372 g/mol. The number of para-hydroxylation sites is 1. The van der Waals surface area contributed by atoms with Gasteiger partial charge in [-0.05, 0) is 40.8 Å². The molecule has 2 aromatic carbocycles. The van der Waals surface area contributed by atoms with Crippen LogP contribution in [-0.4, -0.2) is 39.7 Å². The number of tetrazole rings is 1. The van der Waals surface area contributed by atoms with Gasteiger partial charge in [0.1, 0.15) is 6.33 Å². The molecule has 0 saturated heterocycles. The van der Waals surface area contributed by atoms with E-state index >= 15 is 0 Å². The van der Waals surface area contributed by atoms with Crippen LogP contribution in [0.5, 0.6) is 11.5 Å². The third-order valence-corrected chi connectivity index (χ3v) is 3.59. The fourth-order valence-electron chi connectivity index (χ4n) is 2.38. The van der Waals surface area contributed by atoms with Crippen LogP contribution in [-0.2, 0) is 0 Å². The number of hydrogen-bond acceptors (Lipinski definition) is 6. The number of hydrogen-bond donors (Lipinski definition) is 0. The van der Waals surface area contributed by atoms with Gasteiger partial charge in [0.05, 0.1) is 12.8 Å². The van der Waals surface area contributed by atoms with E-state index < -0.39 is 6.61 Å². The second kappa shape index (κ2) is 8.17. The van der Waals surface area contributed by atoms with Gasteiger partial charge in [-0.15, -0.1) is 5.10 Å². The number of allylic oxidation sites excluding steroid dienone is 1. The zero-order valence-electron chi connectivity index (χ0n) is 14.1. The van der Waals surface area contributed by atoms with Crippen molar-refractivity contribution in [3.8, 4) is 17.2 Å². The summed E-state index contributed by atoms with van der Waals surface area (Å²) in [6, 6.07) is 11.3. The normalized spacial score (nSPS) is 11.1. The van der Waals surface area contributed by atoms with E-state index in [1.807, 2.05) is 0 Å². The van der Waals surface area contributed by atoms with E-state index in [1.54, 1.807) is 36.4 Å². The Kier molecular flexibility index (Phi) is 5.50. The molecule has 0 spiro atoms. The molecule has 0 aliphatic heterocycles. The minimum Gasteiger partial charge on any atom is -0.493 e. The molecule has 0 radical (unpaired) electrons. The number of benzene rings is 2. The summed E-state index contributed by atoms with van der Waals surface area (Å²) in [6.07, 6.45) is 4.07. The summed E-state index contributed by atoms with van der Waals surface area (Å²) in [7, 11) is 1.34. The predicted molar refractivity (Wildman–Crippen MR) is 92.1 cm³/mol. The van der Waals surface area contributed by atoms with Gasteiger partial charge >= 0.3 is 6.61 Å². The van der Waals surface area contributed by atoms with Gasteiger partial charge in [-0.2, -0.15) is 8.78 Å². The van der Waals surface area contributed by atoms with Crippen LogP contribution in [0.2, 0.25) is 0 Å². The number of halogens is 2. The first-order valence-electron chi connectivity index (χ1n) is 7.76. The topological polar surface area (TPSA) is 79.1 Å². The SMILES string of the molecule is COc1cccc(/C=C/C(=O)c2cccc(-n3cnnn3)c2)c1OC(F)F. The molecule has 1 heterocycles. The lowest BCUT2D eigenvalue weighted by Gasteiger charge is -2.12. The van der Waals surface area contributed by atoms with E-state index in [1.165, 1.54) is 36.3 Å². The fourth-order valence-corrected chi connectivity index (χ4v) is 2.38. The molecule has 0 amide bonds. The number of ketones is 1. The van der Waals surface area contributed by atoms with Crippen molar-refractivity contribution in [1.29, 1.82) is 0 Å². The Morgan fingerprint density at radius 3 is 2.74 bits per heavy atom. The first-order valence-corrected chi connectivity index (χ1v) is 7.76. The molecular weight excluding hydrogens is 358 g/mol. The largest absolute Gasteiger partial charge is 0.493 e. The fraction of sp³-hybridized carbons (Fsp3) is 0.111. The second-order valence-electron chi connectivity index (χ2n) is 5.26. The van der Waals surface area contributed by atoms with Gasteiger partial charge in [0.2, 0.25) is 0 Å². The molecule has 0 aliphatic rings. The van der Waals surface area contributed by atoms with E-state index in [-0.39, 0.29) is 17.3 Å². The van der Waals surface area contributed by atoms with Crippen molar-refractivity contribution in [2.75, 3.05) is 7.11 Å². The zero-order valence-corrected chi connectivity index (χ0v) is 14.1. The van der Waals surface area contributed by atoms with Crippen molar-refractivity contribution in [3.05, 3.63) is 66.0 Å². The van der Waals surface area contributed by atoms with Crippen molar-refractivity contribution < 1.29 is 23.0 Å². The van der Waals surface area contributed by atoms with Crippen LogP contribution in [0.15, 0.2) is 54.9 Å². The Labute approximate surface area is 152 Å². The molecule has 9 heteroatoms. The number of ether oxygens (including phenoxy) is 2. The molecule has 3 aromatic rings. The van der Waals surface area contributed by atoms with Crippen LogP contribution in [0.4, 0.5) is 8.78 Å². The maximum atomic E-state index is 12.7. The minimum atomic E-state index is -3.02. The van der Waals surface area contributed by atoms with Gasteiger partial charge < -0.3 is 9.47 Å². The lowest BCUT2D eigenvalue weighted by molar-refractivity contribution is -0.0513. The highest BCUT2D eigenvalue weighted by molar-refractivity contribution is 6.07. The molecule has 3 rings (SSSR count). The molecule has 0 N–H and O–H groups in total. The number of nitrogens with zero attached hydrogens (tertiary/aromatic N) is 4. The van der Waals surface area contributed by atoms with Gasteiger partial charge in [-0.1, -0.05) is 24.3 Å². The highest BCUT2D eigenvalue weighted by Crippen LogP contribution is 2.33. The van der Waals surface area contributed by atoms with E-state index in [4.69, 9.17) is 4.74 Å². The quantitative estimate of drug-likeness (QED) is 0.468. The number of rotatable bonds is 7. The van der Waals surface area contributed by atoms with Crippen molar-refractivity contribution in [3.63, 3.8) is 0 Å². The first-order chi connectivity index (χ1) is 13.1. The summed E-state index contributed by atoms with van der Waals surface area (Å²) >= 11 is 0. The Hall–Kier alpha value is -3.62. The Morgan fingerprint density at radius 2 is 2.04 bits per heavy atom. The van der Waals surface area contributed by atoms with E-state index in [0.717, 1.165) is 0 Å². The highest BCUT2D eigenvalue weighted by Gasteiger charge is 2.14. The highest BCUT2D eigenvalue weighted by atomic mass is 19.3. The first kappa shape index (κ1) is 18.2. The predicted octanol–water partition coefficient (Wildman–Crippen LogP) is 3.17. The summed E-state index contributed by atoms with van der Waals surface area (Å²) in [4.78, 5) is 12.5. The van der Waals surface area contributed by atoms with Crippen LogP contribution in [0.1, 0.15) is 15.9 Å². The van der Waals surface area contributed by atoms with Crippen LogP contribution >= 0.6 is 0 Å². The van der Waals surface area contributed by atoms with Crippen LogP contribution in [0, 0.1) is 0 Å². The molecule has 0 aliphatic carbocycles. The minimum absolute atomic E-state index is 0.138. The molecule has 1 aromatic heterocycles. The number of carbonyl (C=O) groups is 1. The Balaban J connectivity index is 1.86. The average Bonchev–Trinajstić information content (AvgIpc) is 3.21. The lowest BCUT2D eigenvalue weighted by atomic mass is 10.1. The number of methoxy groups -OCH3 is 1. The van der Waals surface area contributed by atoms with Crippen molar-refractivity contribution in [2.45, 2.75) is 6.61 Å². The summed E-state index contributed by atoms with van der Waals surface area (Å²) in [5.41, 5.74) is 1.29. The third kappa shape index (κ3) is 4.32. The van der Waals surface area contributed by atoms with Gasteiger partial charge in [0.15, 0.2) is 17.3 Å². The van der Waals surface area contributed by atoms with E-state index in [2.05, 4.69) is 20.3 Å². The summed E-state index contributed by atoms with van der Waals surface area (Å²) in [6.45, 7) is -3.02. The maximum Gasteiger partial charge on any atom is 0.387 e. The molecule has 0 bridgehead atoms. The van der Waals surface area contributed by atoms with Gasteiger partial charge in [0.25, 0.3) is 0 Å². The number of aromatic nitrogens is 4. The molecule has 7 nitrogen and oxygen atoms in total. The number of alkyl halides is 2. The second-order valence-corrected chi connectivity index (χ2v) is 5.26. The monoisotopic (exact) mass is 372 g/mol. The summed E-state index contributed by atoms with van der Waals surface area (Å²) < 4.78 is 36.3. The molecule has 0 saturated carbocycles. The summed E-state index contributed by atoms with van der Waals surface area (Å²) in [5, 5.41) is 10.9. The van der Waals surface area contributed by atoms with Gasteiger partial charge in [0, 0.05) is 11.1 Å². The molecule has 0 atom stereocenters. The standard InChI is InChI=1S/C18H14F2N4O3/c1-26-16-7-3-4-12(17(16)27-18(19)20)8-9-15(25)13-5-2-6-14(10-13)24-11-21-22-23-24/h2-11,18H,1H3/b9-8+. The van der Waals surface area contributed by atoms with Gasteiger partial charge in [-0.25, -0.2) is 4.68 Å². The molecule has 27 heavy (non-hydrogen) atoms. The van der Waals surface area contributed by atoms with E-state index in [9.17, 15) is 13.6 Å². The Bertz CT molecular complexity index is 959. The number of carbonyl (C=O) groups excluding carboxylic acids is 1. The summed E-state index contributed by atoms with van der Waals surface area (Å²) in [5.74, 6) is -0.317. The third-order valence-electron chi connectivity index (χ3n) is 3.59. The van der Waals surface area contributed by atoms with E-state index in [0.29, 0.717) is 16.8 Å². The van der Waals surface area contributed by atoms with Crippen LogP contribution in [0.25, 0.3) is 11.8 Å². The van der Waals surface area contributed by atoms with Crippen LogP contribution < -0.4 is 9.47 Å². The maximum absolute atomic E-state index is 12.7. The molecular formula is C18H14F2N4O3. The smallest absolute Gasteiger partial charge is 0.387 e. The van der Waals surface area contributed by atoms with Crippen molar-refractivity contribution >= 4 is 11.9 Å². The molecule has 138 valence electrons. The van der Waals surface area contributed by atoms with Gasteiger partial charge in [-0.3, -0.25) is 4.79 Å². The Morgan fingerprint density at radius 1 is 1.22 bits per heavy atom. The molecule has 0 fully saturated rings. The lowest BCUT2D eigenvalue weighted by Crippen LogP contribution is -2.05. The van der Waals surface area contributed by atoms with Crippen LogP contribution in [0.3, 0.4) is 0 Å². The zero-order chi connectivity index (χ0) is 19.2.